The molecule has 0 saturated carbocycles. The second kappa shape index (κ2) is 5.28. The molecule has 100 valence electrons. The average molecular weight is 322 g/mol. The normalized spacial score (nSPS) is 19.7. The number of nitrogens with zero attached hydrogens (tertiary/aromatic N) is 5. The summed E-state index contributed by atoms with van der Waals surface area (Å²) in [6, 6.07) is 4.53. The fraction of sp³-hybridized carbons (Fsp3) is 0.462. The van der Waals surface area contributed by atoms with Crippen LogP contribution >= 0.6 is 15.9 Å². The largest absolute Gasteiger partial charge is 0.354 e. The van der Waals surface area contributed by atoms with Gasteiger partial charge in [-0.1, -0.05) is 0 Å². The number of piperidine rings is 1. The first-order valence-corrected chi connectivity index (χ1v) is 7.25. The van der Waals surface area contributed by atoms with Crippen LogP contribution in [-0.2, 0) is 0 Å². The summed E-state index contributed by atoms with van der Waals surface area (Å²) >= 11 is 3.49. The Kier molecular flexibility index (Phi) is 3.50. The van der Waals surface area contributed by atoms with Gasteiger partial charge in [0.1, 0.15) is 18.5 Å². The molecule has 0 N–H and O–H groups in total. The molecule has 1 aliphatic heterocycles. The van der Waals surface area contributed by atoms with Crippen LogP contribution in [0.25, 0.3) is 0 Å². The zero-order valence-corrected chi connectivity index (χ0v) is 12.4. The van der Waals surface area contributed by atoms with E-state index in [0.29, 0.717) is 6.04 Å². The molecular weight excluding hydrogens is 306 g/mol. The van der Waals surface area contributed by atoms with Gasteiger partial charge < -0.3 is 4.90 Å². The van der Waals surface area contributed by atoms with E-state index in [9.17, 15) is 0 Å². The van der Waals surface area contributed by atoms with Crippen molar-refractivity contribution < 1.29 is 0 Å². The van der Waals surface area contributed by atoms with Crippen LogP contribution in [0.3, 0.4) is 0 Å². The summed E-state index contributed by atoms with van der Waals surface area (Å²) in [6.07, 6.45) is 5.70. The third kappa shape index (κ3) is 2.63. The standard InChI is InChI=1S/C13H16BrN5/c1-10-12(14)4-5-13(17-10)18-6-2-3-11(7-18)19-9-15-8-16-19/h4-5,8-9,11H,2-3,6-7H2,1H3. The molecule has 1 saturated heterocycles. The molecular formula is C13H16BrN5. The van der Waals surface area contributed by atoms with Gasteiger partial charge in [0.15, 0.2) is 0 Å². The summed E-state index contributed by atoms with van der Waals surface area (Å²) < 4.78 is 3.01. The number of hydrogen-bond donors (Lipinski definition) is 0. The van der Waals surface area contributed by atoms with Crippen LogP contribution in [0.2, 0.25) is 0 Å². The van der Waals surface area contributed by atoms with Gasteiger partial charge in [-0.3, -0.25) is 0 Å². The predicted octanol–water partition coefficient (Wildman–Crippen LogP) is 2.59. The zero-order valence-electron chi connectivity index (χ0n) is 10.8. The van der Waals surface area contributed by atoms with E-state index < -0.39 is 0 Å². The highest BCUT2D eigenvalue weighted by atomic mass is 79.9. The maximum atomic E-state index is 4.65. The first-order chi connectivity index (χ1) is 9.24. The van der Waals surface area contributed by atoms with Crippen LogP contribution in [0.4, 0.5) is 5.82 Å². The predicted molar refractivity (Wildman–Crippen MR) is 77.2 cm³/mol. The van der Waals surface area contributed by atoms with E-state index in [-0.39, 0.29) is 0 Å². The van der Waals surface area contributed by atoms with Crippen LogP contribution in [0, 0.1) is 6.92 Å². The molecule has 5 nitrogen and oxygen atoms in total. The SMILES string of the molecule is Cc1nc(N2CCCC(n3cncn3)C2)ccc1Br. The highest BCUT2D eigenvalue weighted by Crippen LogP contribution is 2.26. The molecule has 6 heteroatoms. The minimum atomic E-state index is 0.391. The third-order valence-corrected chi connectivity index (χ3v) is 4.38. The molecule has 1 atom stereocenters. The highest BCUT2D eigenvalue weighted by molar-refractivity contribution is 9.10. The fourth-order valence-corrected chi connectivity index (χ4v) is 2.71. The molecule has 0 amide bonds. The van der Waals surface area contributed by atoms with Gasteiger partial charge in [-0.15, -0.1) is 0 Å². The Bertz CT molecular complexity index is 554. The van der Waals surface area contributed by atoms with E-state index in [1.54, 1.807) is 12.7 Å². The molecule has 3 heterocycles. The second-order valence-electron chi connectivity index (χ2n) is 4.85. The first kappa shape index (κ1) is 12.6. The van der Waals surface area contributed by atoms with Crippen molar-refractivity contribution in [3.63, 3.8) is 0 Å². The number of rotatable bonds is 2. The minimum Gasteiger partial charge on any atom is -0.354 e. The van der Waals surface area contributed by atoms with Gasteiger partial charge in [0.25, 0.3) is 0 Å². The van der Waals surface area contributed by atoms with Crippen LogP contribution in [-0.4, -0.2) is 32.8 Å². The smallest absolute Gasteiger partial charge is 0.137 e. The van der Waals surface area contributed by atoms with Crippen molar-refractivity contribution in [1.29, 1.82) is 0 Å². The van der Waals surface area contributed by atoms with Crippen molar-refractivity contribution in [2.45, 2.75) is 25.8 Å². The molecule has 0 bridgehead atoms. The van der Waals surface area contributed by atoms with E-state index in [1.165, 1.54) is 0 Å². The number of aromatic nitrogens is 4. The average Bonchev–Trinajstić information content (AvgIpc) is 2.96. The molecule has 2 aromatic heterocycles. The maximum absolute atomic E-state index is 4.65. The molecule has 0 aromatic carbocycles. The number of halogens is 1. The molecule has 3 rings (SSSR count). The highest BCUT2D eigenvalue weighted by Gasteiger charge is 2.22. The summed E-state index contributed by atoms with van der Waals surface area (Å²) in [5.74, 6) is 1.05. The number of hydrogen-bond acceptors (Lipinski definition) is 4. The second-order valence-corrected chi connectivity index (χ2v) is 5.71. The number of anilines is 1. The van der Waals surface area contributed by atoms with Crippen molar-refractivity contribution >= 4 is 21.7 Å². The fourth-order valence-electron chi connectivity index (χ4n) is 2.49. The molecule has 1 fully saturated rings. The van der Waals surface area contributed by atoms with Crippen LogP contribution in [0.15, 0.2) is 29.3 Å². The van der Waals surface area contributed by atoms with E-state index in [0.717, 1.165) is 41.9 Å². The van der Waals surface area contributed by atoms with Gasteiger partial charge in [0.05, 0.1) is 11.7 Å². The zero-order chi connectivity index (χ0) is 13.2. The topological polar surface area (TPSA) is 46.8 Å². The van der Waals surface area contributed by atoms with Gasteiger partial charge in [0.2, 0.25) is 0 Å². The maximum Gasteiger partial charge on any atom is 0.137 e. The summed E-state index contributed by atoms with van der Waals surface area (Å²) in [4.78, 5) is 11.0. The van der Waals surface area contributed by atoms with Crippen molar-refractivity contribution in [2.24, 2.45) is 0 Å². The summed E-state index contributed by atoms with van der Waals surface area (Å²) in [5, 5.41) is 4.25. The van der Waals surface area contributed by atoms with Crippen LogP contribution in [0.5, 0.6) is 0 Å². The van der Waals surface area contributed by atoms with E-state index in [2.05, 4.69) is 48.0 Å². The first-order valence-electron chi connectivity index (χ1n) is 6.46. The van der Waals surface area contributed by atoms with Gasteiger partial charge in [0, 0.05) is 17.6 Å². The Balaban J connectivity index is 1.79. The Morgan fingerprint density at radius 1 is 1.37 bits per heavy atom. The Morgan fingerprint density at radius 2 is 2.26 bits per heavy atom. The summed E-state index contributed by atoms with van der Waals surface area (Å²) in [5.41, 5.74) is 1.03. The summed E-state index contributed by atoms with van der Waals surface area (Å²) in [6.45, 7) is 4.02. The number of pyridine rings is 1. The van der Waals surface area contributed by atoms with Crippen molar-refractivity contribution in [2.75, 3.05) is 18.0 Å². The van der Waals surface area contributed by atoms with Crippen molar-refractivity contribution in [3.05, 3.63) is 35.0 Å². The molecule has 19 heavy (non-hydrogen) atoms. The lowest BCUT2D eigenvalue weighted by molar-refractivity contribution is 0.374. The van der Waals surface area contributed by atoms with E-state index >= 15 is 0 Å². The lowest BCUT2D eigenvalue weighted by Gasteiger charge is -2.33. The van der Waals surface area contributed by atoms with E-state index in [4.69, 9.17) is 0 Å². The lowest BCUT2D eigenvalue weighted by Crippen LogP contribution is -2.37. The van der Waals surface area contributed by atoms with E-state index in [1.807, 2.05) is 11.6 Å². The molecule has 0 radical (unpaired) electrons. The molecule has 1 unspecified atom stereocenters. The quantitative estimate of drug-likeness (QED) is 0.853. The van der Waals surface area contributed by atoms with Gasteiger partial charge in [-0.25, -0.2) is 14.6 Å². The molecule has 0 spiro atoms. The minimum absolute atomic E-state index is 0.391. The summed E-state index contributed by atoms with van der Waals surface area (Å²) in [7, 11) is 0. The molecule has 1 aliphatic rings. The van der Waals surface area contributed by atoms with Gasteiger partial charge >= 0.3 is 0 Å². The number of aryl methyl sites for hydroxylation is 1. The lowest BCUT2D eigenvalue weighted by atomic mass is 10.1. The van der Waals surface area contributed by atoms with Crippen LogP contribution in [0.1, 0.15) is 24.6 Å². The molecule has 2 aromatic rings. The van der Waals surface area contributed by atoms with Crippen molar-refractivity contribution in [3.8, 4) is 0 Å². The van der Waals surface area contributed by atoms with Gasteiger partial charge in [-0.05, 0) is 47.8 Å². The Labute approximate surface area is 120 Å². The Morgan fingerprint density at radius 3 is 3.00 bits per heavy atom. The van der Waals surface area contributed by atoms with Crippen molar-refractivity contribution in [1.82, 2.24) is 19.7 Å². The van der Waals surface area contributed by atoms with Crippen LogP contribution < -0.4 is 4.90 Å². The monoisotopic (exact) mass is 321 g/mol. The molecule has 0 aliphatic carbocycles. The third-order valence-electron chi connectivity index (χ3n) is 3.54. The van der Waals surface area contributed by atoms with Gasteiger partial charge in [-0.2, -0.15) is 5.10 Å². The Hall–Kier alpha value is -1.43.